The molecule has 0 spiro atoms. The molecule has 1 fully saturated rings. The number of benzene rings is 1. The molecule has 2 rings (SSSR count). The molecule has 1 unspecified atom stereocenters. The second kappa shape index (κ2) is 6.50. The maximum atomic E-state index is 13.0. The molecule has 0 aromatic heterocycles. The van der Waals surface area contributed by atoms with E-state index in [1.807, 2.05) is 0 Å². The molecule has 1 saturated heterocycles. The highest BCUT2D eigenvalue weighted by Gasteiger charge is 2.42. The Morgan fingerprint density at radius 3 is 2.43 bits per heavy atom. The van der Waals surface area contributed by atoms with E-state index in [1.165, 1.54) is 26.2 Å². The van der Waals surface area contributed by atoms with Gasteiger partial charge in [0.05, 0.1) is 17.5 Å². The first-order chi connectivity index (χ1) is 10.6. The van der Waals surface area contributed by atoms with Crippen molar-refractivity contribution in [1.29, 1.82) is 0 Å². The molecule has 0 bridgehead atoms. The number of hydrogen-bond donors (Lipinski definition) is 2. The number of rotatable bonds is 5. The van der Waals surface area contributed by atoms with Crippen LogP contribution in [0.4, 0.5) is 8.78 Å². The molecular weight excluding hydrogens is 328 g/mol. The van der Waals surface area contributed by atoms with Crippen molar-refractivity contribution in [3.63, 3.8) is 0 Å². The van der Waals surface area contributed by atoms with Gasteiger partial charge in [0.25, 0.3) is 5.92 Å². The number of amides is 1. The van der Waals surface area contributed by atoms with Gasteiger partial charge in [0, 0.05) is 27.1 Å². The highest BCUT2D eigenvalue weighted by Crippen LogP contribution is 2.25. The van der Waals surface area contributed by atoms with Crippen molar-refractivity contribution in [2.75, 3.05) is 20.6 Å². The van der Waals surface area contributed by atoms with Crippen LogP contribution in [0.1, 0.15) is 12.0 Å². The maximum absolute atomic E-state index is 13.0. The van der Waals surface area contributed by atoms with Gasteiger partial charge in [-0.2, -0.15) is 0 Å². The summed E-state index contributed by atoms with van der Waals surface area (Å²) >= 11 is 0. The molecule has 1 aromatic rings. The van der Waals surface area contributed by atoms with Crippen molar-refractivity contribution in [2.24, 2.45) is 0 Å². The maximum Gasteiger partial charge on any atom is 0.262 e. The smallest absolute Gasteiger partial charge is 0.262 e. The van der Waals surface area contributed by atoms with Crippen LogP contribution >= 0.6 is 0 Å². The molecule has 2 N–H and O–H groups in total. The minimum Gasteiger partial charge on any atom is -0.351 e. The number of sulfonamides is 1. The second-order valence-corrected chi connectivity index (χ2v) is 7.79. The lowest BCUT2D eigenvalue weighted by atomic mass is 10.1. The summed E-state index contributed by atoms with van der Waals surface area (Å²) in [5.41, 5.74) is 0.681. The first-order valence-corrected chi connectivity index (χ1v) is 8.46. The fraction of sp³-hybridized carbons (Fsp3) is 0.500. The van der Waals surface area contributed by atoms with Crippen molar-refractivity contribution in [3.8, 4) is 0 Å². The van der Waals surface area contributed by atoms with Crippen LogP contribution < -0.4 is 10.6 Å². The largest absolute Gasteiger partial charge is 0.351 e. The Kier molecular flexibility index (Phi) is 5.02. The Balaban J connectivity index is 1.93. The zero-order valence-electron chi connectivity index (χ0n) is 12.8. The Morgan fingerprint density at radius 2 is 1.96 bits per heavy atom. The molecule has 1 atom stereocenters. The van der Waals surface area contributed by atoms with Gasteiger partial charge in [-0.1, -0.05) is 12.1 Å². The minimum atomic E-state index is -3.50. The van der Waals surface area contributed by atoms with Gasteiger partial charge in [0.2, 0.25) is 15.9 Å². The third kappa shape index (κ3) is 4.24. The molecule has 128 valence electrons. The Morgan fingerprint density at radius 1 is 1.35 bits per heavy atom. The van der Waals surface area contributed by atoms with Crippen molar-refractivity contribution >= 4 is 15.9 Å². The fourth-order valence-electron chi connectivity index (χ4n) is 2.20. The van der Waals surface area contributed by atoms with Crippen LogP contribution in [0.3, 0.4) is 0 Å². The third-order valence-corrected chi connectivity index (χ3v) is 5.42. The van der Waals surface area contributed by atoms with Gasteiger partial charge in [-0.25, -0.2) is 21.5 Å². The van der Waals surface area contributed by atoms with Crippen LogP contribution in [0.2, 0.25) is 0 Å². The molecule has 0 saturated carbocycles. The van der Waals surface area contributed by atoms with Gasteiger partial charge in [-0.05, 0) is 17.7 Å². The van der Waals surface area contributed by atoms with Gasteiger partial charge >= 0.3 is 0 Å². The lowest BCUT2D eigenvalue weighted by molar-refractivity contribution is -0.123. The second-order valence-electron chi connectivity index (χ2n) is 5.64. The molecule has 9 heteroatoms. The number of halogens is 2. The lowest BCUT2D eigenvalue weighted by Gasteiger charge is -2.13. The molecule has 6 nitrogen and oxygen atoms in total. The summed E-state index contributed by atoms with van der Waals surface area (Å²) < 4.78 is 51.0. The van der Waals surface area contributed by atoms with Gasteiger partial charge in [0.15, 0.2) is 0 Å². The zero-order valence-corrected chi connectivity index (χ0v) is 13.7. The number of carbonyl (C=O) groups excluding carboxylic acids is 1. The van der Waals surface area contributed by atoms with E-state index in [1.54, 1.807) is 12.1 Å². The molecule has 0 aliphatic carbocycles. The zero-order chi connectivity index (χ0) is 17.3. The molecular formula is C14H19F2N3O3S. The number of nitrogens with one attached hydrogen (secondary N) is 2. The average molecular weight is 347 g/mol. The predicted octanol–water partition coefficient (Wildman–Crippen LogP) is 0.550. The van der Waals surface area contributed by atoms with Crippen LogP contribution in [-0.4, -0.2) is 51.2 Å². The highest BCUT2D eigenvalue weighted by atomic mass is 32.2. The normalized spacial score (nSPS) is 20.7. The summed E-state index contributed by atoms with van der Waals surface area (Å²) in [7, 11) is -0.622. The van der Waals surface area contributed by atoms with E-state index in [4.69, 9.17) is 0 Å². The van der Waals surface area contributed by atoms with Crippen LogP contribution in [0.15, 0.2) is 29.2 Å². The van der Waals surface area contributed by atoms with E-state index < -0.39 is 40.9 Å². The van der Waals surface area contributed by atoms with Crippen molar-refractivity contribution in [1.82, 2.24) is 14.9 Å². The minimum absolute atomic E-state index is 0.144. The van der Waals surface area contributed by atoms with Crippen LogP contribution in [0.25, 0.3) is 0 Å². The summed E-state index contributed by atoms with van der Waals surface area (Å²) in [6.45, 7) is -0.354. The Hall–Kier alpha value is -1.58. The summed E-state index contributed by atoms with van der Waals surface area (Å²) in [6.07, 6.45) is -0.515. The highest BCUT2D eigenvalue weighted by molar-refractivity contribution is 7.89. The average Bonchev–Trinajstić information content (AvgIpc) is 2.85. The SMILES string of the molecule is CN(C)S(=O)(=O)c1ccc(CNC(=O)C2CC(F)(F)CN2)cc1. The van der Waals surface area contributed by atoms with E-state index in [9.17, 15) is 22.0 Å². The van der Waals surface area contributed by atoms with Gasteiger partial charge < -0.3 is 5.32 Å². The monoisotopic (exact) mass is 347 g/mol. The van der Waals surface area contributed by atoms with Crippen molar-refractivity contribution in [3.05, 3.63) is 29.8 Å². The number of nitrogens with zero attached hydrogens (tertiary/aromatic N) is 1. The van der Waals surface area contributed by atoms with Crippen molar-refractivity contribution < 1.29 is 22.0 Å². The van der Waals surface area contributed by atoms with Gasteiger partial charge in [0.1, 0.15) is 0 Å². The summed E-state index contributed by atoms with van der Waals surface area (Å²) in [5.74, 6) is -3.35. The molecule has 23 heavy (non-hydrogen) atoms. The van der Waals surface area contributed by atoms with E-state index in [-0.39, 0.29) is 11.4 Å². The quantitative estimate of drug-likeness (QED) is 0.815. The predicted molar refractivity (Wildman–Crippen MR) is 80.5 cm³/mol. The van der Waals surface area contributed by atoms with Crippen molar-refractivity contribution in [2.45, 2.75) is 29.8 Å². The van der Waals surface area contributed by atoms with Gasteiger partial charge in [-0.3, -0.25) is 10.1 Å². The van der Waals surface area contributed by atoms with Gasteiger partial charge in [-0.15, -0.1) is 0 Å². The summed E-state index contributed by atoms with van der Waals surface area (Å²) in [5, 5.41) is 5.04. The number of hydrogen-bond acceptors (Lipinski definition) is 4. The Bertz CT molecular complexity index is 675. The summed E-state index contributed by atoms with van der Waals surface area (Å²) in [4.78, 5) is 12.0. The number of alkyl halides is 2. The van der Waals surface area contributed by atoms with E-state index >= 15 is 0 Å². The van der Waals surface area contributed by atoms with E-state index in [0.717, 1.165) is 4.31 Å². The molecule has 1 heterocycles. The number of carbonyl (C=O) groups is 1. The Labute approximate surface area is 133 Å². The van der Waals surface area contributed by atoms with E-state index in [2.05, 4.69) is 10.6 Å². The van der Waals surface area contributed by atoms with Crippen LogP contribution in [0, 0.1) is 0 Å². The third-order valence-electron chi connectivity index (χ3n) is 3.60. The first-order valence-electron chi connectivity index (χ1n) is 7.02. The topological polar surface area (TPSA) is 78.5 Å². The fourth-order valence-corrected chi connectivity index (χ4v) is 3.11. The van der Waals surface area contributed by atoms with Crippen LogP contribution in [0.5, 0.6) is 0 Å². The summed E-state index contributed by atoms with van der Waals surface area (Å²) in [6, 6.07) is 5.14. The molecule has 0 radical (unpaired) electrons. The molecule has 1 aliphatic heterocycles. The standard InChI is InChI=1S/C14H19F2N3O3S/c1-19(2)23(21,22)11-5-3-10(4-6-11)8-17-13(20)12-7-14(15,16)9-18-12/h3-6,12,18H,7-9H2,1-2H3,(H,17,20). The first kappa shape index (κ1) is 17.8. The van der Waals surface area contributed by atoms with Crippen LogP contribution in [-0.2, 0) is 21.4 Å². The molecule has 1 amide bonds. The molecule has 1 aromatic carbocycles. The lowest BCUT2D eigenvalue weighted by Crippen LogP contribution is -2.40. The molecule has 1 aliphatic rings. The van der Waals surface area contributed by atoms with E-state index in [0.29, 0.717) is 5.56 Å².